The molecule has 0 aliphatic carbocycles. The molecule has 0 saturated carbocycles. The Hall–Kier alpha value is -1.55. The van der Waals surface area contributed by atoms with Gasteiger partial charge in [-0.15, -0.1) is 0 Å². The molecular formula is C15H20N2O2. The maximum Gasteiger partial charge on any atom is 0.195 e. The number of oxazole rings is 1. The molecule has 1 aliphatic heterocycles. The van der Waals surface area contributed by atoms with Crippen LogP contribution in [-0.4, -0.2) is 24.2 Å². The molecule has 2 heterocycles. The Morgan fingerprint density at radius 3 is 3.16 bits per heavy atom. The topological polar surface area (TPSA) is 47.3 Å². The number of rotatable bonds is 3. The largest absolute Gasteiger partial charge is 0.441 e. The maximum absolute atomic E-state index is 5.62. The van der Waals surface area contributed by atoms with E-state index in [4.69, 9.17) is 9.15 Å². The predicted molar refractivity (Wildman–Crippen MR) is 75.5 cm³/mol. The minimum Gasteiger partial charge on any atom is -0.441 e. The third kappa shape index (κ3) is 2.89. The number of nitrogens with one attached hydrogen (secondary N) is 1. The predicted octanol–water partition coefficient (Wildman–Crippen LogP) is 3.37. The van der Waals surface area contributed by atoms with Gasteiger partial charge < -0.3 is 14.5 Å². The first-order valence-corrected chi connectivity index (χ1v) is 7.09. The molecule has 3 rings (SSSR count). The average Bonchev–Trinajstić information content (AvgIpc) is 2.67. The molecule has 0 amide bonds. The van der Waals surface area contributed by atoms with Crippen molar-refractivity contribution in [2.75, 3.05) is 18.5 Å². The van der Waals surface area contributed by atoms with Gasteiger partial charge in [-0.05, 0) is 37.5 Å². The number of anilines is 1. The van der Waals surface area contributed by atoms with Crippen LogP contribution in [-0.2, 0) is 11.2 Å². The second-order valence-electron chi connectivity index (χ2n) is 5.03. The summed E-state index contributed by atoms with van der Waals surface area (Å²) in [5.41, 5.74) is 2.92. The Bertz CT molecular complexity index is 542. The lowest BCUT2D eigenvalue weighted by atomic mass is 10.1. The summed E-state index contributed by atoms with van der Waals surface area (Å²) in [6, 6.07) is 6.64. The third-order valence-electron chi connectivity index (χ3n) is 3.56. The van der Waals surface area contributed by atoms with Gasteiger partial charge in [0.2, 0.25) is 0 Å². The molecule has 4 heteroatoms. The number of hydrogen-bond donors (Lipinski definition) is 1. The number of aryl methyl sites for hydroxylation is 1. The molecule has 1 atom stereocenters. The normalized spacial score (nSPS) is 20.4. The first-order valence-electron chi connectivity index (χ1n) is 7.09. The van der Waals surface area contributed by atoms with E-state index in [9.17, 15) is 0 Å². The molecule has 19 heavy (non-hydrogen) atoms. The van der Waals surface area contributed by atoms with Crippen LogP contribution in [0.4, 0.5) is 5.69 Å². The Morgan fingerprint density at radius 1 is 1.32 bits per heavy atom. The molecule has 1 aromatic carbocycles. The fourth-order valence-corrected chi connectivity index (χ4v) is 2.50. The summed E-state index contributed by atoms with van der Waals surface area (Å²) in [5.74, 6) is 0.801. The summed E-state index contributed by atoms with van der Waals surface area (Å²) in [5, 5.41) is 3.58. The standard InChI is InChI=1S/C15H20N2O2/c1-2-15-17-13-10-12(5-6-14(13)19-15)16-11-4-3-8-18-9-7-11/h5-6,10-11,16H,2-4,7-9H2,1H3. The van der Waals surface area contributed by atoms with E-state index >= 15 is 0 Å². The van der Waals surface area contributed by atoms with Gasteiger partial charge in [0.15, 0.2) is 11.5 Å². The highest BCUT2D eigenvalue weighted by atomic mass is 16.5. The minimum atomic E-state index is 0.498. The molecule has 1 fully saturated rings. The highest BCUT2D eigenvalue weighted by molar-refractivity contribution is 5.77. The van der Waals surface area contributed by atoms with Crippen LogP contribution in [0.25, 0.3) is 11.1 Å². The summed E-state index contributed by atoms with van der Waals surface area (Å²) >= 11 is 0. The summed E-state index contributed by atoms with van der Waals surface area (Å²) in [7, 11) is 0. The summed E-state index contributed by atoms with van der Waals surface area (Å²) in [6.45, 7) is 3.79. The Labute approximate surface area is 113 Å². The van der Waals surface area contributed by atoms with Gasteiger partial charge in [0.05, 0.1) is 0 Å². The first-order chi connectivity index (χ1) is 9.35. The van der Waals surface area contributed by atoms with Crippen LogP contribution in [0.5, 0.6) is 0 Å². The van der Waals surface area contributed by atoms with Gasteiger partial charge in [0, 0.05) is 31.4 Å². The molecule has 2 aromatic rings. The molecule has 1 saturated heterocycles. The smallest absolute Gasteiger partial charge is 0.195 e. The van der Waals surface area contributed by atoms with Crippen LogP contribution in [0.15, 0.2) is 22.6 Å². The van der Waals surface area contributed by atoms with E-state index in [1.165, 1.54) is 0 Å². The van der Waals surface area contributed by atoms with E-state index in [0.29, 0.717) is 6.04 Å². The zero-order chi connectivity index (χ0) is 13.1. The van der Waals surface area contributed by atoms with Gasteiger partial charge in [-0.1, -0.05) is 6.92 Å². The van der Waals surface area contributed by atoms with E-state index in [1.807, 2.05) is 6.07 Å². The molecule has 1 unspecified atom stereocenters. The molecule has 0 bridgehead atoms. The van der Waals surface area contributed by atoms with Crippen molar-refractivity contribution in [2.24, 2.45) is 0 Å². The van der Waals surface area contributed by atoms with Crippen molar-refractivity contribution in [1.82, 2.24) is 4.98 Å². The number of ether oxygens (including phenoxy) is 1. The van der Waals surface area contributed by atoms with Crippen LogP contribution in [0, 0.1) is 0 Å². The monoisotopic (exact) mass is 260 g/mol. The second kappa shape index (κ2) is 5.61. The van der Waals surface area contributed by atoms with Crippen molar-refractivity contribution in [1.29, 1.82) is 0 Å². The lowest BCUT2D eigenvalue weighted by Crippen LogP contribution is -2.19. The van der Waals surface area contributed by atoms with Crippen LogP contribution < -0.4 is 5.32 Å². The fourth-order valence-electron chi connectivity index (χ4n) is 2.50. The second-order valence-corrected chi connectivity index (χ2v) is 5.03. The van der Waals surface area contributed by atoms with Crippen molar-refractivity contribution in [3.05, 3.63) is 24.1 Å². The van der Waals surface area contributed by atoms with Crippen molar-refractivity contribution in [3.8, 4) is 0 Å². The van der Waals surface area contributed by atoms with Crippen molar-refractivity contribution < 1.29 is 9.15 Å². The number of nitrogens with zero attached hydrogens (tertiary/aromatic N) is 1. The number of fused-ring (bicyclic) bond motifs is 1. The lowest BCUT2D eigenvalue weighted by molar-refractivity contribution is 0.144. The lowest BCUT2D eigenvalue weighted by Gasteiger charge is -2.16. The fraction of sp³-hybridized carbons (Fsp3) is 0.533. The molecule has 0 radical (unpaired) electrons. The summed E-state index contributed by atoms with van der Waals surface area (Å²) < 4.78 is 11.1. The molecule has 1 aliphatic rings. The van der Waals surface area contributed by atoms with E-state index in [-0.39, 0.29) is 0 Å². The van der Waals surface area contributed by atoms with Crippen molar-refractivity contribution in [2.45, 2.75) is 38.6 Å². The highest BCUT2D eigenvalue weighted by Crippen LogP contribution is 2.22. The van der Waals surface area contributed by atoms with Gasteiger partial charge in [-0.2, -0.15) is 0 Å². The molecule has 1 N–H and O–H groups in total. The Kier molecular flexibility index (Phi) is 3.69. The van der Waals surface area contributed by atoms with Crippen LogP contribution in [0.1, 0.15) is 32.1 Å². The quantitative estimate of drug-likeness (QED) is 0.919. The van der Waals surface area contributed by atoms with Crippen molar-refractivity contribution in [3.63, 3.8) is 0 Å². The van der Waals surface area contributed by atoms with E-state index in [1.54, 1.807) is 0 Å². The van der Waals surface area contributed by atoms with Crippen LogP contribution >= 0.6 is 0 Å². The molecule has 4 nitrogen and oxygen atoms in total. The summed E-state index contributed by atoms with van der Waals surface area (Å²) in [4.78, 5) is 4.47. The van der Waals surface area contributed by atoms with Crippen molar-refractivity contribution >= 4 is 16.8 Å². The molecule has 102 valence electrons. The SMILES string of the molecule is CCc1nc2cc(NC3CCCOCC3)ccc2o1. The van der Waals surface area contributed by atoms with Gasteiger partial charge in [-0.3, -0.25) is 0 Å². The zero-order valence-electron chi connectivity index (χ0n) is 11.3. The Balaban J connectivity index is 1.76. The van der Waals surface area contributed by atoms with Gasteiger partial charge >= 0.3 is 0 Å². The van der Waals surface area contributed by atoms with Crippen LogP contribution in [0.3, 0.4) is 0 Å². The average molecular weight is 260 g/mol. The third-order valence-corrected chi connectivity index (χ3v) is 3.56. The molecule has 0 spiro atoms. The van der Waals surface area contributed by atoms with Gasteiger partial charge in [0.1, 0.15) is 5.52 Å². The summed E-state index contributed by atoms with van der Waals surface area (Å²) in [6.07, 6.45) is 4.19. The number of hydrogen-bond acceptors (Lipinski definition) is 4. The molecule has 1 aromatic heterocycles. The van der Waals surface area contributed by atoms with Crippen LogP contribution in [0.2, 0.25) is 0 Å². The minimum absolute atomic E-state index is 0.498. The Morgan fingerprint density at radius 2 is 2.26 bits per heavy atom. The van der Waals surface area contributed by atoms with Gasteiger partial charge in [0.25, 0.3) is 0 Å². The number of aromatic nitrogens is 1. The van der Waals surface area contributed by atoms with E-state index in [2.05, 4.69) is 29.4 Å². The molecular weight excluding hydrogens is 240 g/mol. The van der Waals surface area contributed by atoms with Gasteiger partial charge in [-0.25, -0.2) is 4.98 Å². The zero-order valence-corrected chi connectivity index (χ0v) is 11.3. The first kappa shape index (κ1) is 12.5. The number of benzene rings is 1. The maximum atomic E-state index is 5.62. The van der Waals surface area contributed by atoms with E-state index < -0.39 is 0 Å². The van der Waals surface area contributed by atoms with E-state index in [0.717, 1.165) is 61.6 Å². The highest BCUT2D eigenvalue weighted by Gasteiger charge is 2.13.